The van der Waals surface area contributed by atoms with Crippen LogP contribution in [-0.4, -0.2) is 36.3 Å². The Morgan fingerprint density at radius 1 is 1.11 bits per heavy atom. The average molecular weight is 408 g/mol. The van der Waals surface area contributed by atoms with Crippen molar-refractivity contribution in [3.05, 3.63) is 52.5 Å². The Bertz CT molecular complexity index is 896. The molecule has 0 saturated heterocycles. The van der Waals surface area contributed by atoms with E-state index in [4.69, 9.17) is 21.1 Å². The molecule has 7 nitrogen and oxygen atoms in total. The van der Waals surface area contributed by atoms with E-state index in [0.29, 0.717) is 22.1 Å². The molecule has 1 amide bonds. The van der Waals surface area contributed by atoms with Crippen molar-refractivity contribution in [1.82, 2.24) is 0 Å². The van der Waals surface area contributed by atoms with E-state index in [9.17, 15) is 19.8 Å². The van der Waals surface area contributed by atoms with E-state index < -0.39 is 23.4 Å². The van der Waals surface area contributed by atoms with Gasteiger partial charge in [-0.25, -0.2) is 0 Å². The summed E-state index contributed by atoms with van der Waals surface area (Å²) in [5, 5.41) is 23.2. The van der Waals surface area contributed by atoms with E-state index >= 15 is 0 Å². The molecule has 2 aromatic rings. The molecular weight excluding hydrogens is 386 g/mol. The summed E-state index contributed by atoms with van der Waals surface area (Å²) < 4.78 is 10.6. The van der Waals surface area contributed by atoms with Crippen LogP contribution in [0.1, 0.15) is 31.1 Å². The number of aliphatic carboxylic acids is 1. The molecule has 28 heavy (non-hydrogen) atoms. The SMILES string of the molecule is COc1cccc(C(O)c2cc(Cl)ccc2NC(=O)C(C)(C)C(=O)O)c1OC. The molecule has 1 unspecified atom stereocenters. The van der Waals surface area contributed by atoms with E-state index in [-0.39, 0.29) is 11.3 Å². The summed E-state index contributed by atoms with van der Waals surface area (Å²) in [6.45, 7) is 2.59. The van der Waals surface area contributed by atoms with Gasteiger partial charge in [-0.05, 0) is 38.1 Å². The Morgan fingerprint density at radius 3 is 2.36 bits per heavy atom. The highest BCUT2D eigenvalue weighted by Gasteiger charge is 2.36. The van der Waals surface area contributed by atoms with Gasteiger partial charge < -0.3 is 25.0 Å². The van der Waals surface area contributed by atoms with Crippen LogP contribution in [0.25, 0.3) is 0 Å². The third-order valence-electron chi connectivity index (χ3n) is 4.39. The number of carboxylic acid groups (broad SMARTS) is 1. The lowest BCUT2D eigenvalue weighted by atomic mass is 9.92. The standard InChI is InChI=1S/C20H22ClNO6/c1-20(2,19(25)26)18(24)22-14-9-8-11(21)10-13(14)16(23)12-6-5-7-15(27-3)17(12)28-4/h5-10,16,23H,1-4H3,(H,22,24)(H,25,26). The summed E-state index contributed by atoms with van der Waals surface area (Å²) >= 11 is 6.08. The van der Waals surface area contributed by atoms with Gasteiger partial charge in [-0.1, -0.05) is 23.7 Å². The molecule has 3 N–H and O–H groups in total. The van der Waals surface area contributed by atoms with E-state index in [2.05, 4.69) is 5.32 Å². The number of benzene rings is 2. The highest BCUT2D eigenvalue weighted by atomic mass is 35.5. The summed E-state index contributed by atoms with van der Waals surface area (Å²) in [6.07, 6.45) is -1.22. The van der Waals surface area contributed by atoms with E-state index in [1.807, 2.05) is 0 Å². The molecular formula is C20H22ClNO6. The second-order valence-corrected chi connectivity index (χ2v) is 7.04. The number of carbonyl (C=O) groups is 2. The van der Waals surface area contributed by atoms with Gasteiger partial charge in [-0.2, -0.15) is 0 Å². The Hall–Kier alpha value is -2.77. The van der Waals surface area contributed by atoms with Gasteiger partial charge in [0.1, 0.15) is 11.5 Å². The number of hydrogen-bond donors (Lipinski definition) is 3. The van der Waals surface area contributed by atoms with Crippen molar-refractivity contribution >= 4 is 29.2 Å². The summed E-state index contributed by atoms with van der Waals surface area (Å²) in [5.41, 5.74) is -0.734. The molecule has 2 aromatic carbocycles. The number of methoxy groups -OCH3 is 2. The minimum absolute atomic E-state index is 0.237. The lowest BCUT2D eigenvalue weighted by Crippen LogP contribution is -2.38. The summed E-state index contributed by atoms with van der Waals surface area (Å²) in [7, 11) is 2.93. The predicted molar refractivity (Wildman–Crippen MR) is 105 cm³/mol. The molecule has 0 aliphatic rings. The maximum Gasteiger partial charge on any atom is 0.318 e. The average Bonchev–Trinajstić information content (AvgIpc) is 2.67. The number of ether oxygens (including phenoxy) is 2. The normalized spacial score (nSPS) is 12.2. The molecule has 0 aromatic heterocycles. The van der Waals surface area contributed by atoms with Gasteiger partial charge in [0.05, 0.1) is 14.2 Å². The van der Waals surface area contributed by atoms with Crippen molar-refractivity contribution in [1.29, 1.82) is 0 Å². The highest BCUT2D eigenvalue weighted by molar-refractivity contribution is 6.30. The molecule has 2 rings (SSSR count). The number of carbonyl (C=O) groups excluding carboxylic acids is 1. The molecule has 0 saturated carbocycles. The lowest BCUT2D eigenvalue weighted by Gasteiger charge is -2.23. The zero-order valence-corrected chi connectivity index (χ0v) is 16.7. The molecule has 0 radical (unpaired) electrons. The van der Waals surface area contributed by atoms with Crippen LogP contribution in [0.3, 0.4) is 0 Å². The zero-order valence-electron chi connectivity index (χ0n) is 15.9. The first-order valence-corrected chi connectivity index (χ1v) is 8.74. The summed E-state index contributed by atoms with van der Waals surface area (Å²) in [5.74, 6) is -1.23. The van der Waals surface area contributed by atoms with Crippen molar-refractivity contribution in [2.24, 2.45) is 5.41 Å². The van der Waals surface area contributed by atoms with Crippen LogP contribution in [0.4, 0.5) is 5.69 Å². The van der Waals surface area contributed by atoms with Gasteiger partial charge in [-0.3, -0.25) is 9.59 Å². The maximum absolute atomic E-state index is 12.4. The van der Waals surface area contributed by atoms with Gasteiger partial charge in [-0.15, -0.1) is 0 Å². The fraction of sp³-hybridized carbons (Fsp3) is 0.300. The van der Waals surface area contributed by atoms with E-state index in [1.165, 1.54) is 46.3 Å². The quantitative estimate of drug-likeness (QED) is 0.607. The number of halogens is 1. The number of aliphatic hydroxyl groups excluding tert-OH is 1. The van der Waals surface area contributed by atoms with Crippen molar-refractivity contribution < 1.29 is 29.3 Å². The van der Waals surface area contributed by atoms with Gasteiger partial charge >= 0.3 is 5.97 Å². The van der Waals surface area contributed by atoms with Gasteiger partial charge in [0.25, 0.3) is 0 Å². The van der Waals surface area contributed by atoms with Crippen LogP contribution in [0.5, 0.6) is 11.5 Å². The van der Waals surface area contributed by atoms with Crippen molar-refractivity contribution in [3.8, 4) is 11.5 Å². The second kappa shape index (κ2) is 8.50. The topological polar surface area (TPSA) is 105 Å². The number of para-hydroxylation sites is 1. The van der Waals surface area contributed by atoms with Crippen molar-refractivity contribution in [3.63, 3.8) is 0 Å². The van der Waals surface area contributed by atoms with Crippen LogP contribution >= 0.6 is 11.6 Å². The number of rotatable bonds is 7. The van der Waals surface area contributed by atoms with Gasteiger partial charge in [0.15, 0.2) is 11.5 Å². The third-order valence-corrected chi connectivity index (χ3v) is 4.62. The maximum atomic E-state index is 12.4. The molecule has 8 heteroatoms. The first-order chi connectivity index (χ1) is 13.1. The van der Waals surface area contributed by atoms with Crippen molar-refractivity contribution in [2.45, 2.75) is 20.0 Å². The minimum atomic E-state index is -1.66. The molecule has 0 fully saturated rings. The Morgan fingerprint density at radius 2 is 1.79 bits per heavy atom. The lowest BCUT2D eigenvalue weighted by molar-refractivity contribution is -0.151. The smallest absolute Gasteiger partial charge is 0.318 e. The predicted octanol–water partition coefficient (Wildman–Crippen LogP) is 3.49. The second-order valence-electron chi connectivity index (χ2n) is 6.60. The van der Waals surface area contributed by atoms with Crippen LogP contribution < -0.4 is 14.8 Å². The highest BCUT2D eigenvalue weighted by Crippen LogP contribution is 2.40. The van der Waals surface area contributed by atoms with E-state index in [1.54, 1.807) is 18.2 Å². The number of nitrogens with one attached hydrogen (secondary N) is 1. The van der Waals surface area contributed by atoms with Gasteiger partial charge in [0.2, 0.25) is 5.91 Å². The number of hydrogen-bond acceptors (Lipinski definition) is 5. The molecule has 0 aliphatic heterocycles. The monoisotopic (exact) mass is 407 g/mol. The first kappa shape index (κ1) is 21.5. The van der Waals surface area contributed by atoms with Crippen LogP contribution in [0, 0.1) is 5.41 Å². The molecule has 0 heterocycles. The number of anilines is 1. The number of aliphatic hydroxyl groups is 1. The molecule has 0 spiro atoms. The molecule has 0 aliphatic carbocycles. The van der Waals surface area contributed by atoms with Crippen LogP contribution in [0.15, 0.2) is 36.4 Å². The fourth-order valence-electron chi connectivity index (χ4n) is 2.54. The third kappa shape index (κ3) is 4.21. The number of amides is 1. The number of carboxylic acids is 1. The van der Waals surface area contributed by atoms with Gasteiger partial charge in [0, 0.05) is 21.8 Å². The van der Waals surface area contributed by atoms with Crippen LogP contribution in [-0.2, 0) is 9.59 Å². The molecule has 1 atom stereocenters. The summed E-state index contributed by atoms with van der Waals surface area (Å²) in [6, 6.07) is 9.56. The zero-order chi connectivity index (χ0) is 21.1. The fourth-order valence-corrected chi connectivity index (χ4v) is 2.72. The minimum Gasteiger partial charge on any atom is -0.493 e. The Labute approximate surface area is 167 Å². The van der Waals surface area contributed by atoms with Crippen LogP contribution in [0.2, 0.25) is 5.02 Å². The first-order valence-electron chi connectivity index (χ1n) is 8.36. The van der Waals surface area contributed by atoms with E-state index in [0.717, 1.165) is 0 Å². The van der Waals surface area contributed by atoms with Crippen molar-refractivity contribution in [2.75, 3.05) is 19.5 Å². The molecule has 0 bridgehead atoms. The molecule has 150 valence electrons. The Balaban J connectivity index is 2.51. The Kier molecular flexibility index (Phi) is 6.53. The largest absolute Gasteiger partial charge is 0.493 e. The summed E-state index contributed by atoms with van der Waals surface area (Å²) in [4.78, 5) is 23.8.